The predicted octanol–water partition coefficient (Wildman–Crippen LogP) is 3.48. The molecule has 0 radical (unpaired) electrons. The lowest BCUT2D eigenvalue weighted by Crippen LogP contribution is -2.54. The van der Waals surface area contributed by atoms with Gasteiger partial charge in [-0.05, 0) is 37.3 Å². The molecule has 6 nitrogen and oxygen atoms in total. The summed E-state index contributed by atoms with van der Waals surface area (Å²) in [5.74, 6) is 1.47. The molecule has 25 heavy (non-hydrogen) atoms. The van der Waals surface area contributed by atoms with Crippen LogP contribution in [0.2, 0.25) is 0 Å². The minimum atomic E-state index is -0.192. The number of rotatable bonds is 7. The SMILES string of the molecule is CCNC1(CC)C=CC(Nc2ncc(-c3cccc(OC)c3)o2)=CN1. The molecular weight excluding hydrogens is 316 g/mol. The van der Waals surface area contributed by atoms with Gasteiger partial charge in [-0.2, -0.15) is 0 Å². The lowest BCUT2D eigenvalue weighted by Gasteiger charge is -2.33. The molecule has 0 amide bonds. The van der Waals surface area contributed by atoms with Crippen LogP contribution in [0.1, 0.15) is 20.3 Å². The highest BCUT2D eigenvalue weighted by atomic mass is 16.5. The lowest BCUT2D eigenvalue weighted by atomic mass is 10.0. The van der Waals surface area contributed by atoms with Crippen LogP contribution in [0.15, 0.2) is 58.9 Å². The number of dihydropyridines is 1. The zero-order valence-electron chi connectivity index (χ0n) is 14.8. The third kappa shape index (κ3) is 3.85. The van der Waals surface area contributed by atoms with E-state index >= 15 is 0 Å². The van der Waals surface area contributed by atoms with Crippen molar-refractivity contribution in [1.82, 2.24) is 15.6 Å². The Morgan fingerprint density at radius 1 is 1.32 bits per heavy atom. The summed E-state index contributed by atoms with van der Waals surface area (Å²) in [6.45, 7) is 5.13. The van der Waals surface area contributed by atoms with E-state index < -0.39 is 0 Å². The molecule has 0 spiro atoms. The Hall–Kier alpha value is -2.73. The normalized spacial score (nSPS) is 19.2. The third-order valence-corrected chi connectivity index (χ3v) is 4.19. The maximum Gasteiger partial charge on any atom is 0.299 e. The molecule has 132 valence electrons. The van der Waals surface area contributed by atoms with Gasteiger partial charge in [-0.3, -0.25) is 5.32 Å². The molecule has 0 bridgehead atoms. The van der Waals surface area contributed by atoms with E-state index in [1.54, 1.807) is 13.3 Å². The van der Waals surface area contributed by atoms with Crippen LogP contribution >= 0.6 is 0 Å². The zero-order chi connectivity index (χ0) is 17.7. The number of anilines is 1. The number of hydrogen-bond acceptors (Lipinski definition) is 6. The quantitative estimate of drug-likeness (QED) is 0.717. The number of hydrogen-bond donors (Lipinski definition) is 3. The van der Waals surface area contributed by atoms with Gasteiger partial charge in [-0.15, -0.1) is 0 Å². The minimum Gasteiger partial charge on any atom is -0.497 e. The van der Waals surface area contributed by atoms with Gasteiger partial charge in [0.25, 0.3) is 6.01 Å². The van der Waals surface area contributed by atoms with Gasteiger partial charge in [-0.1, -0.05) is 26.0 Å². The van der Waals surface area contributed by atoms with E-state index in [-0.39, 0.29) is 5.66 Å². The van der Waals surface area contributed by atoms with Crippen molar-refractivity contribution in [2.75, 3.05) is 19.0 Å². The highest BCUT2D eigenvalue weighted by molar-refractivity contribution is 5.60. The van der Waals surface area contributed by atoms with Gasteiger partial charge in [0.2, 0.25) is 0 Å². The summed E-state index contributed by atoms with van der Waals surface area (Å²) >= 11 is 0. The number of nitrogens with zero attached hydrogens (tertiary/aromatic N) is 1. The molecule has 1 aromatic heterocycles. The standard InChI is InChI=1S/C19H24N4O2/c1-4-19(21-5-2)10-9-15(12-22-19)23-18-20-13-17(25-18)14-7-6-8-16(11-14)24-3/h6-13,21-22H,4-5H2,1-3H3,(H,20,23). The first-order chi connectivity index (χ1) is 12.2. The fourth-order valence-electron chi connectivity index (χ4n) is 2.75. The van der Waals surface area contributed by atoms with Gasteiger partial charge in [0.1, 0.15) is 11.4 Å². The summed E-state index contributed by atoms with van der Waals surface area (Å²) in [6, 6.07) is 8.14. The number of allylic oxidation sites excluding steroid dienone is 1. The van der Waals surface area contributed by atoms with Crippen LogP contribution in [-0.2, 0) is 0 Å². The molecule has 1 unspecified atom stereocenters. The van der Waals surface area contributed by atoms with Crippen molar-refractivity contribution >= 4 is 6.01 Å². The second-order valence-corrected chi connectivity index (χ2v) is 5.82. The smallest absolute Gasteiger partial charge is 0.299 e. The molecule has 1 atom stereocenters. The first-order valence-electron chi connectivity index (χ1n) is 8.47. The number of nitrogens with one attached hydrogen (secondary N) is 3. The molecule has 3 rings (SSSR count). The van der Waals surface area contributed by atoms with Crippen LogP contribution in [0.4, 0.5) is 6.01 Å². The number of benzene rings is 1. The van der Waals surface area contributed by atoms with Crippen LogP contribution in [0.5, 0.6) is 5.75 Å². The topological polar surface area (TPSA) is 71.4 Å². The second kappa shape index (κ2) is 7.44. The number of aromatic nitrogens is 1. The Morgan fingerprint density at radius 2 is 2.20 bits per heavy atom. The van der Waals surface area contributed by atoms with Crippen molar-refractivity contribution in [1.29, 1.82) is 0 Å². The summed E-state index contributed by atoms with van der Waals surface area (Å²) in [6.07, 6.45) is 8.72. The van der Waals surface area contributed by atoms with Crippen LogP contribution < -0.4 is 20.7 Å². The molecule has 0 saturated heterocycles. The molecule has 0 fully saturated rings. The Balaban J connectivity index is 1.69. The Labute approximate surface area is 148 Å². The number of ether oxygens (including phenoxy) is 1. The molecule has 1 aliphatic rings. The molecule has 0 aliphatic carbocycles. The molecule has 3 N–H and O–H groups in total. The van der Waals surface area contributed by atoms with E-state index in [1.165, 1.54) is 0 Å². The van der Waals surface area contributed by atoms with Crippen molar-refractivity contribution in [2.45, 2.75) is 25.9 Å². The number of oxazole rings is 1. The Kier molecular flexibility index (Phi) is 5.09. The largest absolute Gasteiger partial charge is 0.497 e. The van der Waals surface area contributed by atoms with Gasteiger partial charge in [0.05, 0.1) is 19.0 Å². The predicted molar refractivity (Wildman–Crippen MR) is 99.2 cm³/mol. The van der Waals surface area contributed by atoms with E-state index in [1.807, 2.05) is 36.5 Å². The van der Waals surface area contributed by atoms with Crippen molar-refractivity contribution in [3.05, 3.63) is 54.5 Å². The molecular formula is C19H24N4O2. The maximum absolute atomic E-state index is 5.80. The molecule has 0 saturated carbocycles. The van der Waals surface area contributed by atoms with Crippen LogP contribution in [0.25, 0.3) is 11.3 Å². The van der Waals surface area contributed by atoms with Gasteiger partial charge >= 0.3 is 0 Å². The van der Waals surface area contributed by atoms with Crippen LogP contribution in [0.3, 0.4) is 0 Å². The molecule has 1 aliphatic heterocycles. The summed E-state index contributed by atoms with van der Waals surface area (Å²) < 4.78 is 11.0. The monoisotopic (exact) mass is 340 g/mol. The molecule has 2 heterocycles. The highest BCUT2D eigenvalue weighted by Crippen LogP contribution is 2.26. The number of likely N-dealkylation sites (N-methyl/N-ethyl adjacent to an activating group) is 1. The van der Waals surface area contributed by atoms with Crippen LogP contribution in [-0.4, -0.2) is 24.3 Å². The highest BCUT2D eigenvalue weighted by Gasteiger charge is 2.24. The first kappa shape index (κ1) is 17.1. The molecule has 1 aromatic carbocycles. The average molecular weight is 340 g/mol. The van der Waals surface area contributed by atoms with E-state index in [0.29, 0.717) is 11.8 Å². The van der Waals surface area contributed by atoms with Gasteiger partial charge in [-0.25, -0.2) is 4.98 Å². The van der Waals surface area contributed by atoms with Crippen molar-refractivity contribution < 1.29 is 9.15 Å². The van der Waals surface area contributed by atoms with Crippen molar-refractivity contribution in [3.8, 4) is 17.1 Å². The summed E-state index contributed by atoms with van der Waals surface area (Å²) in [4.78, 5) is 4.30. The fourth-order valence-corrected chi connectivity index (χ4v) is 2.75. The van der Waals surface area contributed by atoms with E-state index in [4.69, 9.17) is 9.15 Å². The Bertz CT molecular complexity index is 781. The van der Waals surface area contributed by atoms with E-state index in [9.17, 15) is 0 Å². The van der Waals surface area contributed by atoms with Crippen molar-refractivity contribution in [3.63, 3.8) is 0 Å². The first-order valence-corrected chi connectivity index (χ1v) is 8.47. The second-order valence-electron chi connectivity index (χ2n) is 5.82. The zero-order valence-corrected chi connectivity index (χ0v) is 14.8. The lowest BCUT2D eigenvalue weighted by molar-refractivity contribution is 0.353. The van der Waals surface area contributed by atoms with Gasteiger partial charge in [0, 0.05) is 11.8 Å². The summed E-state index contributed by atoms with van der Waals surface area (Å²) in [5.41, 5.74) is 1.62. The summed E-state index contributed by atoms with van der Waals surface area (Å²) in [7, 11) is 1.64. The van der Waals surface area contributed by atoms with E-state index in [0.717, 1.165) is 30.0 Å². The fraction of sp³-hybridized carbons (Fsp3) is 0.316. The van der Waals surface area contributed by atoms with Gasteiger partial charge in [0.15, 0.2) is 5.76 Å². The Morgan fingerprint density at radius 3 is 2.88 bits per heavy atom. The van der Waals surface area contributed by atoms with Gasteiger partial charge < -0.3 is 19.8 Å². The van der Waals surface area contributed by atoms with Crippen molar-refractivity contribution in [2.24, 2.45) is 0 Å². The average Bonchev–Trinajstić information content (AvgIpc) is 3.12. The summed E-state index contributed by atoms with van der Waals surface area (Å²) in [5, 5.41) is 10.0. The number of methoxy groups -OCH3 is 1. The minimum absolute atomic E-state index is 0.192. The maximum atomic E-state index is 5.80. The molecule has 2 aromatic rings. The molecule has 6 heteroatoms. The third-order valence-electron chi connectivity index (χ3n) is 4.19. The van der Waals surface area contributed by atoms with E-state index in [2.05, 4.69) is 40.9 Å². The van der Waals surface area contributed by atoms with Crippen LogP contribution in [0, 0.1) is 0 Å².